The van der Waals surface area contributed by atoms with E-state index in [1.54, 1.807) is 37.4 Å². The highest BCUT2D eigenvalue weighted by Crippen LogP contribution is 2.46. The second-order valence-corrected chi connectivity index (χ2v) is 9.57. The van der Waals surface area contributed by atoms with Crippen LogP contribution in [0, 0.1) is 16.7 Å². The summed E-state index contributed by atoms with van der Waals surface area (Å²) in [5.41, 5.74) is 3.46. The van der Waals surface area contributed by atoms with Crippen LogP contribution in [0.2, 0.25) is 0 Å². The Labute approximate surface area is 192 Å². The summed E-state index contributed by atoms with van der Waals surface area (Å²) in [6, 6.07) is 12.6. The van der Waals surface area contributed by atoms with E-state index in [-0.39, 0.29) is 23.1 Å². The van der Waals surface area contributed by atoms with E-state index in [1.807, 2.05) is 6.07 Å². The van der Waals surface area contributed by atoms with Gasteiger partial charge in [0.25, 0.3) is 11.5 Å². The van der Waals surface area contributed by atoms with E-state index in [9.17, 15) is 9.59 Å². The lowest BCUT2D eigenvalue weighted by Gasteiger charge is -2.17. The number of nitrogens with one attached hydrogen (secondary N) is 1. The number of carbonyl (C=O) groups excluding carboxylic acids is 1. The fourth-order valence-corrected chi connectivity index (χ4v) is 3.92. The Morgan fingerprint density at radius 2 is 2.00 bits per heavy atom. The molecule has 0 aliphatic heterocycles. The van der Waals surface area contributed by atoms with Crippen molar-refractivity contribution < 1.29 is 9.53 Å². The van der Waals surface area contributed by atoms with Crippen molar-refractivity contribution in [2.75, 3.05) is 6.61 Å². The molecule has 1 aromatic carbocycles. The first kappa shape index (κ1) is 21.2. The van der Waals surface area contributed by atoms with Crippen molar-refractivity contribution in [3.8, 4) is 11.8 Å². The van der Waals surface area contributed by atoms with Crippen molar-refractivity contribution in [1.82, 2.24) is 14.9 Å². The minimum atomic E-state index is -0.451. The molecule has 2 fully saturated rings. The first-order valence-electron chi connectivity index (χ1n) is 11.3. The summed E-state index contributed by atoms with van der Waals surface area (Å²) in [5, 5.41) is 11.7. The second-order valence-electron chi connectivity index (χ2n) is 9.57. The average Bonchev–Trinajstić information content (AvgIpc) is 3.75. The molecule has 0 unspecified atom stereocenters. The van der Waals surface area contributed by atoms with Gasteiger partial charge < -0.3 is 14.6 Å². The highest BCUT2D eigenvalue weighted by Gasteiger charge is 2.38. The average molecular weight is 443 g/mol. The van der Waals surface area contributed by atoms with Gasteiger partial charge in [0, 0.05) is 36.7 Å². The molecular weight excluding hydrogens is 416 g/mol. The molecule has 3 aromatic rings. The maximum atomic E-state index is 13.1. The van der Waals surface area contributed by atoms with E-state index >= 15 is 0 Å². The number of nitriles is 1. The lowest BCUT2D eigenvalue weighted by Crippen LogP contribution is -2.32. The van der Waals surface area contributed by atoms with Gasteiger partial charge in [-0.2, -0.15) is 5.26 Å². The van der Waals surface area contributed by atoms with Crippen molar-refractivity contribution in [1.29, 1.82) is 5.26 Å². The predicted octanol–water partition coefficient (Wildman–Crippen LogP) is 3.79. The Balaban J connectivity index is 1.46. The van der Waals surface area contributed by atoms with Crippen LogP contribution >= 0.6 is 0 Å². The maximum absolute atomic E-state index is 13.1. The lowest BCUT2D eigenvalue weighted by molar-refractivity contribution is 0.0949. The number of amides is 1. The Morgan fingerprint density at radius 3 is 2.64 bits per heavy atom. The van der Waals surface area contributed by atoms with Crippen LogP contribution in [0.4, 0.5) is 0 Å². The standard InChI is InChI=1S/C26H26N4O3/c1-26(9-10-26)15-33-22-12-20(18-7-8-18)29-21-11-19(25(32)30(2)23(21)22)24(31)28-14-17-5-3-16(13-27)4-6-17/h3-6,11-12,18H,7-10,14-15H2,1-2H3,(H,28,31). The number of carbonyl (C=O) groups is 1. The van der Waals surface area contributed by atoms with E-state index in [2.05, 4.69) is 18.3 Å². The van der Waals surface area contributed by atoms with E-state index < -0.39 is 5.91 Å². The van der Waals surface area contributed by atoms with Crippen LogP contribution in [-0.4, -0.2) is 22.1 Å². The molecule has 1 N–H and O–H groups in total. The molecule has 2 aromatic heterocycles. The fraction of sp³-hybridized carbons (Fsp3) is 0.385. The molecule has 1 amide bonds. The van der Waals surface area contributed by atoms with Gasteiger partial charge in [0.2, 0.25) is 0 Å². The predicted molar refractivity (Wildman–Crippen MR) is 124 cm³/mol. The summed E-state index contributed by atoms with van der Waals surface area (Å²) in [7, 11) is 1.66. The summed E-state index contributed by atoms with van der Waals surface area (Å²) < 4.78 is 7.67. The Hall–Kier alpha value is -3.66. The molecule has 2 aliphatic carbocycles. The molecule has 0 saturated heterocycles. The number of nitrogens with zero attached hydrogens (tertiary/aromatic N) is 3. The molecule has 0 radical (unpaired) electrons. The summed E-state index contributed by atoms with van der Waals surface area (Å²) in [5.74, 6) is 0.631. The Bertz CT molecular complexity index is 1340. The van der Waals surface area contributed by atoms with Crippen molar-refractivity contribution in [2.45, 2.75) is 45.1 Å². The molecule has 7 nitrogen and oxygen atoms in total. The highest BCUT2D eigenvalue weighted by molar-refractivity contribution is 5.97. The molecule has 168 valence electrons. The summed E-state index contributed by atoms with van der Waals surface area (Å²) in [6.07, 6.45) is 4.49. The smallest absolute Gasteiger partial charge is 0.263 e. The lowest BCUT2D eigenvalue weighted by atomic mass is 10.1. The van der Waals surface area contributed by atoms with Gasteiger partial charge in [-0.25, -0.2) is 0 Å². The monoisotopic (exact) mass is 442 g/mol. The van der Waals surface area contributed by atoms with Gasteiger partial charge >= 0.3 is 0 Å². The third kappa shape index (κ3) is 4.34. The van der Waals surface area contributed by atoms with Crippen LogP contribution in [0.15, 0.2) is 41.2 Å². The third-order valence-corrected chi connectivity index (χ3v) is 6.61. The molecule has 2 saturated carbocycles. The van der Waals surface area contributed by atoms with Gasteiger partial charge in [-0.1, -0.05) is 19.1 Å². The molecule has 2 aliphatic rings. The number of pyridine rings is 2. The molecule has 33 heavy (non-hydrogen) atoms. The molecule has 0 bridgehead atoms. The zero-order chi connectivity index (χ0) is 23.2. The van der Waals surface area contributed by atoms with Crippen LogP contribution in [0.5, 0.6) is 5.75 Å². The molecule has 2 heterocycles. The Kier molecular flexibility index (Phi) is 5.16. The normalized spacial score (nSPS) is 16.3. The van der Waals surface area contributed by atoms with Crippen LogP contribution in [0.3, 0.4) is 0 Å². The van der Waals surface area contributed by atoms with Gasteiger partial charge in [0.05, 0.1) is 23.8 Å². The Morgan fingerprint density at radius 1 is 1.27 bits per heavy atom. The number of hydrogen-bond donors (Lipinski definition) is 1. The number of aromatic nitrogens is 2. The molecule has 5 rings (SSSR count). The molecule has 7 heteroatoms. The van der Waals surface area contributed by atoms with Crippen LogP contribution in [-0.2, 0) is 13.6 Å². The van der Waals surface area contributed by atoms with Crippen molar-refractivity contribution in [3.05, 3.63) is 69.1 Å². The van der Waals surface area contributed by atoms with Crippen LogP contribution < -0.4 is 15.6 Å². The molecule has 0 atom stereocenters. The van der Waals surface area contributed by atoms with E-state index in [1.165, 1.54) is 4.57 Å². The topological polar surface area (TPSA) is 97.0 Å². The van der Waals surface area contributed by atoms with Gasteiger partial charge in [-0.15, -0.1) is 0 Å². The van der Waals surface area contributed by atoms with Gasteiger partial charge in [-0.3, -0.25) is 14.6 Å². The number of fused-ring (bicyclic) bond motifs is 1. The summed E-state index contributed by atoms with van der Waals surface area (Å²) >= 11 is 0. The van der Waals surface area contributed by atoms with Gasteiger partial charge in [0.1, 0.15) is 16.8 Å². The zero-order valence-corrected chi connectivity index (χ0v) is 18.9. The number of benzene rings is 1. The maximum Gasteiger partial charge on any atom is 0.263 e. The minimum absolute atomic E-state index is 0.0548. The number of aryl methyl sites for hydroxylation is 1. The van der Waals surface area contributed by atoms with E-state index in [0.29, 0.717) is 34.9 Å². The zero-order valence-electron chi connectivity index (χ0n) is 18.9. The first-order chi connectivity index (χ1) is 15.9. The number of hydrogen-bond acceptors (Lipinski definition) is 5. The SMILES string of the molecule is Cn1c(=O)c(C(=O)NCc2ccc(C#N)cc2)cc2nc(C3CC3)cc(OCC3(C)CC3)c21. The molecule has 0 spiro atoms. The summed E-state index contributed by atoms with van der Waals surface area (Å²) in [6.45, 7) is 3.07. The number of rotatable bonds is 7. The summed E-state index contributed by atoms with van der Waals surface area (Å²) in [4.78, 5) is 30.8. The quantitative estimate of drug-likeness (QED) is 0.600. The van der Waals surface area contributed by atoms with E-state index in [0.717, 1.165) is 36.9 Å². The van der Waals surface area contributed by atoms with E-state index in [4.69, 9.17) is 15.0 Å². The second kappa shape index (κ2) is 8.04. The van der Waals surface area contributed by atoms with Crippen LogP contribution in [0.25, 0.3) is 11.0 Å². The van der Waals surface area contributed by atoms with Crippen molar-refractivity contribution in [2.24, 2.45) is 12.5 Å². The first-order valence-corrected chi connectivity index (χ1v) is 11.3. The largest absolute Gasteiger partial charge is 0.491 e. The highest BCUT2D eigenvalue weighted by atomic mass is 16.5. The number of ether oxygens (including phenoxy) is 1. The third-order valence-electron chi connectivity index (χ3n) is 6.61. The van der Waals surface area contributed by atoms with Crippen molar-refractivity contribution in [3.63, 3.8) is 0 Å². The molecular formula is C26H26N4O3. The van der Waals surface area contributed by atoms with Crippen LogP contribution in [0.1, 0.15) is 65.7 Å². The van der Waals surface area contributed by atoms with Crippen molar-refractivity contribution >= 4 is 16.9 Å². The van der Waals surface area contributed by atoms with Gasteiger partial charge in [-0.05, 0) is 49.4 Å². The minimum Gasteiger partial charge on any atom is -0.491 e. The fourth-order valence-electron chi connectivity index (χ4n) is 3.92. The van der Waals surface area contributed by atoms with Gasteiger partial charge in [0.15, 0.2) is 0 Å².